The zero-order valence-corrected chi connectivity index (χ0v) is 10.2. The number of fused-ring (bicyclic) bond motifs is 1. The molecule has 0 atom stereocenters. The molecule has 0 radical (unpaired) electrons. The molecule has 0 aliphatic rings. The predicted molar refractivity (Wildman–Crippen MR) is 63.8 cm³/mol. The molecule has 2 aromatic heterocycles. The van der Waals surface area contributed by atoms with Crippen LogP contribution in [0.4, 0.5) is 0 Å². The van der Waals surface area contributed by atoms with Gasteiger partial charge in [-0.3, -0.25) is 4.79 Å². The van der Waals surface area contributed by atoms with Gasteiger partial charge in [0.05, 0.1) is 5.39 Å². The Morgan fingerprint density at radius 1 is 1.33 bits per heavy atom. The number of nitrogens with one attached hydrogen (secondary N) is 1. The van der Waals surface area contributed by atoms with Gasteiger partial charge in [-0.05, 0) is 19.4 Å². The number of nitrogens with zero attached hydrogens (tertiary/aromatic N) is 1. The van der Waals surface area contributed by atoms with Crippen molar-refractivity contribution in [3.05, 3.63) is 26.6 Å². The number of hydrogen-bond donors (Lipinski definition) is 1. The van der Waals surface area contributed by atoms with E-state index >= 15 is 0 Å². The van der Waals surface area contributed by atoms with E-state index < -0.39 is 0 Å². The van der Waals surface area contributed by atoms with Gasteiger partial charge in [0.15, 0.2) is 0 Å². The summed E-state index contributed by atoms with van der Waals surface area (Å²) in [5.74, 6) is 1.03. The first-order valence-corrected chi connectivity index (χ1v) is 5.82. The van der Waals surface area contributed by atoms with E-state index in [1.807, 2.05) is 27.7 Å². The first-order chi connectivity index (χ1) is 7.00. The van der Waals surface area contributed by atoms with Crippen LogP contribution in [0, 0.1) is 13.8 Å². The molecule has 2 rings (SSSR count). The van der Waals surface area contributed by atoms with E-state index in [-0.39, 0.29) is 11.5 Å². The number of thiophene rings is 1. The van der Waals surface area contributed by atoms with Crippen molar-refractivity contribution >= 4 is 21.6 Å². The van der Waals surface area contributed by atoms with Crippen molar-refractivity contribution in [2.24, 2.45) is 0 Å². The van der Waals surface area contributed by atoms with E-state index in [0.717, 1.165) is 21.6 Å². The maximum atomic E-state index is 11.8. The molecule has 15 heavy (non-hydrogen) atoms. The van der Waals surface area contributed by atoms with Gasteiger partial charge in [-0.15, -0.1) is 11.3 Å². The molecule has 0 unspecified atom stereocenters. The highest BCUT2D eigenvalue weighted by atomic mass is 32.1. The zero-order valence-electron chi connectivity index (χ0n) is 9.34. The van der Waals surface area contributed by atoms with Gasteiger partial charge in [0, 0.05) is 10.8 Å². The highest BCUT2D eigenvalue weighted by molar-refractivity contribution is 7.18. The van der Waals surface area contributed by atoms with Crippen LogP contribution in [0.15, 0.2) is 4.79 Å². The molecule has 0 aliphatic heterocycles. The molecule has 4 heteroatoms. The Kier molecular flexibility index (Phi) is 2.38. The van der Waals surface area contributed by atoms with Gasteiger partial charge in [0.2, 0.25) is 0 Å². The Morgan fingerprint density at radius 2 is 2.00 bits per heavy atom. The van der Waals surface area contributed by atoms with E-state index in [1.54, 1.807) is 11.3 Å². The number of hydrogen-bond acceptors (Lipinski definition) is 3. The summed E-state index contributed by atoms with van der Waals surface area (Å²) >= 11 is 1.59. The lowest BCUT2D eigenvalue weighted by atomic mass is 10.2. The lowest BCUT2D eigenvalue weighted by Gasteiger charge is -2.02. The number of rotatable bonds is 1. The standard InChI is InChI=1S/C11H14N2OS/c1-5(2)9-12-10(14)8-6(3)7(4)15-11(8)13-9/h5H,1-4H3,(H,12,13,14). The Bertz CT molecular complexity index is 566. The smallest absolute Gasteiger partial charge is 0.259 e. The van der Waals surface area contributed by atoms with Crippen molar-refractivity contribution in [2.45, 2.75) is 33.6 Å². The minimum Gasteiger partial charge on any atom is -0.310 e. The van der Waals surface area contributed by atoms with Gasteiger partial charge in [0.1, 0.15) is 10.7 Å². The van der Waals surface area contributed by atoms with Crippen LogP contribution >= 0.6 is 11.3 Å². The molecule has 1 N–H and O–H groups in total. The molecule has 0 saturated carbocycles. The van der Waals surface area contributed by atoms with Crippen molar-refractivity contribution in [2.75, 3.05) is 0 Å². The topological polar surface area (TPSA) is 45.8 Å². The second-order valence-corrected chi connectivity index (χ2v) is 5.27. The second kappa shape index (κ2) is 3.45. The van der Waals surface area contributed by atoms with Crippen molar-refractivity contribution in [3.63, 3.8) is 0 Å². The molecule has 0 amide bonds. The van der Waals surface area contributed by atoms with Crippen LogP contribution in [0.1, 0.15) is 36.0 Å². The fourth-order valence-electron chi connectivity index (χ4n) is 1.54. The summed E-state index contributed by atoms with van der Waals surface area (Å²) in [7, 11) is 0. The minimum atomic E-state index is -0.00875. The van der Waals surface area contributed by atoms with Crippen LogP contribution < -0.4 is 5.56 Å². The number of aromatic nitrogens is 2. The summed E-state index contributed by atoms with van der Waals surface area (Å²) in [5, 5.41) is 0.752. The maximum Gasteiger partial charge on any atom is 0.259 e. The average molecular weight is 222 g/mol. The highest BCUT2D eigenvalue weighted by Gasteiger charge is 2.12. The Labute approximate surface area is 92.2 Å². The third-order valence-corrected chi connectivity index (χ3v) is 3.71. The van der Waals surface area contributed by atoms with Gasteiger partial charge in [0.25, 0.3) is 5.56 Å². The third kappa shape index (κ3) is 1.59. The largest absolute Gasteiger partial charge is 0.310 e. The number of aryl methyl sites for hydroxylation is 2. The third-order valence-electron chi connectivity index (χ3n) is 2.60. The molecule has 0 aromatic carbocycles. The van der Waals surface area contributed by atoms with Crippen LogP contribution in [-0.2, 0) is 0 Å². The normalized spacial score (nSPS) is 11.5. The lowest BCUT2D eigenvalue weighted by molar-refractivity contribution is 0.778. The quantitative estimate of drug-likeness (QED) is 0.806. The van der Waals surface area contributed by atoms with Crippen LogP contribution in [0.25, 0.3) is 10.2 Å². The summed E-state index contributed by atoms with van der Waals surface area (Å²) in [6.45, 7) is 8.05. The zero-order chi connectivity index (χ0) is 11.2. The van der Waals surface area contributed by atoms with Gasteiger partial charge in [-0.1, -0.05) is 13.8 Å². The van der Waals surface area contributed by atoms with Crippen molar-refractivity contribution in [3.8, 4) is 0 Å². The van der Waals surface area contributed by atoms with Gasteiger partial charge in [-0.2, -0.15) is 0 Å². The van der Waals surface area contributed by atoms with Crippen molar-refractivity contribution < 1.29 is 0 Å². The highest BCUT2D eigenvalue weighted by Crippen LogP contribution is 2.26. The van der Waals surface area contributed by atoms with Gasteiger partial charge >= 0.3 is 0 Å². The van der Waals surface area contributed by atoms with Gasteiger partial charge in [-0.25, -0.2) is 4.98 Å². The van der Waals surface area contributed by atoms with E-state index in [0.29, 0.717) is 0 Å². The molecule has 2 aromatic rings. The van der Waals surface area contributed by atoms with E-state index in [4.69, 9.17) is 0 Å². The second-order valence-electron chi connectivity index (χ2n) is 4.07. The van der Waals surface area contributed by atoms with Crippen LogP contribution in [0.3, 0.4) is 0 Å². The summed E-state index contributed by atoms with van der Waals surface area (Å²) < 4.78 is 0. The molecule has 3 nitrogen and oxygen atoms in total. The predicted octanol–water partition coefficient (Wildman–Crippen LogP) is 2.72. The molecule has 0 saturated heterocycles. The molecule has 0 bridgehead atoms. The van der Waals surface area contributed by atoms with Crippen LogP contribution in [0.2, 0.25) is 0 Å². The summed E-state index contributed by atoms with van der Waals surface area (Å²) in [5.41, 5.74) is 1.05. The average Bonchev–Trinajstić information content (AvgIpc) is 2.42. The monoisotopic (exact) mass is 222 g/mol. The SMILES string of the molecule is Cc1sc2nc(C(C)C)[nH]c(=O)c2c1C. The Hall–Kier alpha value is -1.16. The van der Waals surface area contributed by atoms with Crippen molar-refractivity contribution in [1.82, 2.24) is 9.97 Å². The fraction of sp³-hybridized carbons (Fsp3) is 0.455. The fourth-order valence-corrected chi connectivity index (χ4v) is 2.58. The van der Waals surface area contributed by atoms with E-state index in [1.165, 1.54) is 4.88 Å². The molecule has 0 spiro atoms. The summed E-state index contributed by atoms with van der Waals surface area (Å²) in [6, 6.07) is 0. The molecule has 80 valence electrons. The number of H-pyrrole nitrogens is 1. The Balaban J connectivity index is 2.85. The summed E-state index contributed by atoms with van der Waals surface area (Å²) in [6.07, 6.45) is 0. The van der Waals surface area contributed by atoms with E-state index in [9.17, 15) is 4.79 Å². The molecular formula is C11H14N2OS. The molecule has 2 heterocycles. The van der Waals surface area contributed by atoms with Gasteiger partial charge < -0.3 is 4.98 Å². The first kappa shape index (κ1) is 10.4. The number of aromatic amines is 1. The maximum absolute atomic E-state index is 11.8. The minimum absolute atomic E-state index is 0.00875. The Morgan fingerprint density at radius 3 is 2.60 bits per heavy atom. The molecular weight excluding hydrogens is 208 g/mol. The van der Waals surface area contributed by atoms with Crippen molar-refractivity contribution in [1.29, 1.82) is 0 Å². The first-order valence-electron chi connectivity index (χ1n) is 5.00. The van der Waals surface area contributed by atoms with Crippen LogP contribution in [-0.4, -0.2) is 9.97 Å². The summed E-state index contributed by atoms with van der Waals surface area (Å²) in [4.78, 5) is 21.2. The molecule has 0 fully saturated rings. The van der Waals surface area contributed by atoms with E-state index in [2.05, 4.69) is 9.97 Å². The lowest BCUT2D eigenvalue weighted by Crippen LogP contribution is -2.12. The molecule has 0 aliphatic carbocycles. The van der Waals surface area contributed by atoms with Crippen LogP contribution in [0.5, 0.6) is 0 Å².